The molecule has 0 fully saturated rings. The Bertz CT molecular complexity index is 803. The van der Waals surface area contributed by atoms with E-state index in [1.54, 1.807) is 0 Å². The number of hydrogen-bond donors (Lipinski definition) is 1. The highest BCUT2D eigenvalue weighted by Crippen LogP contribution is 2.17. The molecule has 6 nitrogen and oxygen atoms in total. The van der Waals surface area contributed by atoms with Crippen LogP contribution in [0.15, 0.2) is 60.9 Å². The van der Waals surface area contributed by atoms with Crippen molar-refractivity contribution < 1.29 is 14.3 Å². The SMILES string of the molecule is O=C(CNc1ncnc2ccccc12)OCCOc1ccccc1. The van der Waals surface area contributed by atoms with Gasteiger partial charge in [0.05, 0.1) is 5.52 Å². The van der Waals surface area contributed by atoms with Gasteiger partial charge in [-0.1, -0.05) is 30.3 Å². The first-order valence-corrected chi connectivity index (χ1v) is 7.60. The van der Waals surface area contributed by atoms with Crippen molar-refractivity contribution in [3.8, 4) is 5.75 Å². The summed E-state index contributed by atoms with van der Waals surface area (Å²) in [4.78, 5) is 20.1. The summed E-state index contributed by atoms with van der Waals surface area (Å²) in [5, 5.41) is 3.84. The van der Waals surface area contributed by atoms with Gasteiger partial charge in [-0.3, -0.25) is 4.79 Å². The Morgan fingerprint density at radius 2 is 1.75 bits per heavy atom. The molecule has 0 unspecified atom stereocenters. The average Bonchev–Trinajstić information content (AvgIpc) is 2.64. The number of para-hydroxylation sites is 2. The third kappa shape index (κ3) is 4.19. The lowest BCUT2D eigenvalue weighted by Crippen LogP contribution is -2.20. The van der Waals surface area contributed by atoms with Crippen molar-refractivity contribution in [3.05, 3.63) is 60.9 Å². The normalized spacial score (nSPS) is 10.3. The molecule has 3 rings (SSSR count). The number of benzene rings is 2. The molecule has 2 aromatic carbocycles. The van der Waals surface area contributed by atoms with Crippen molar-refractivity contribution in [2.24, 2.45) is 0 Å². The van der Waals surface area contributed by atoms with Gasteiger partial charge in [0.2, 0.25) is 0 Å². The van der Waals surface area contributed by atoms with Gasteiger partial charge < -0.3 is 14.8 Å². The van der Waals surface area contributed by atoms with E-state index >= 15 is 0 Å². The van der Waals surface area contributed by atoms with Gasteiger partial charge in [0, 0.05) is 5.39 Å². The number of fused-ring (bicyclic) bond motifs is 1. The van der Waals surface area contributed by atoms with Gasteiger partial charge in [0.1, 0.15) is 37.7 Å². The van der Waals surface area contributed by atoms with Crippen LogP contribution >= 0.6 is 0 Å². The second-order valence-corrected chi connectivity index (χ2v) is 4.97. The predicted molar refractivity (Wildman–Crippen MR) is 90.9 cm³/mol. The van der Waals surface area contributed by atoms with E-state index in [1.807, 2.05) is 54.6 Å². The van der Waals surface area contributed by atoms with E-state index in [4.69, 9.17) is 9.47 Å². The predicted octanol–water partition coefficient (Wildman–Crippen LogP) is 2.66. The van der Waals surface area contributed by atoms with Crippen LogP contribution < -0.4 is 10.1 Å². The zero-order valence-electron chi connectivity index (χ0n) is 13.0. The van der Waals surface area contributed by atoms with E-state index in [0.717, 1.165) is 16.7 Å². The van der Waals surface area contributed by atoms with Crippen LogP contribution in [0.3, 0.4) is 0 Å². The van der Waals surface area contributed by atoms with E-state index in [9.17, 15) is 4.79 Å². The molecule has 0 aliphatic heterocycles. The third-order valence-electron chi connectivity index (χ3n) is 3.30. The van der Waals surface area contributed by atoms with E-state index in [0.29, 0.717) is 12.4 Å². The first-order valence-electron chi connectivity index (χ1n) is 7.60. The number of esters is 1. The number of carbonyl (C=O) groups is 1. The lowest BCUT2D eigenvalue weighted by atomic mass is 10.2. The lowest BCUT2D eigenvalue weighted by Gasteiger charge is -2.09. The number of hydrogen-bond acceptors (Lipinski definition) is 6. The maximum Gasteiger partial charge on any atom is 0.325 e. The summed E-state index contributed by atoms with van der Waals surface area (Å²) >= 11 is 0. The van der Waals surface area contributed by atoms with Crippen LogP contribution in [0, 0.1) is 0 Å². The van der Waals surface area contributed by atoms with Crippen LogP contribution in [0.5, 0.6) is 5.75 Å². The fourth-order valence-corrected chi connectivity index (χ4v) is 2.18. The zero-order valence-corrected chi connectivity index (χ0v) is 13.0. The minimum Gasteiger partial charge on any atom is -0.490 e. The molecule has 0 aliphatic carbocycles. The van der Waals surface area contributed by atoms with E-state index in [2.05, 4.69) is 15.3 Å². The minimum absolute atomic E-state index is 0.0341. The van der Waals surface area contributed by atoms with E-state index in [1.165, 1.54) is 6.33 Å². The van der Waals surface area contributed by atoms with E-state index < -0.39 is 0 Å². The van der Waals surface area contributed by atoms with Crippen molar-refractivity contribution in [2.45, 2.75) is 0 Å². The highest BCUT2D eigenvalue weighted by Gasteiger charge is 2.06. The summed E-state index contributed by atoms with van der Waals surface area (Å²) < 4.78 is 10.6. The largest absolute Gasteiger partial charge is 0.490 e. The van der Waals surface area contributed by atoms with Gasteiger partial charge in [-0.2, -0.15) is 0 Å². The van der Waals surface area contributed by atoms with E-state index in [-0.39, 0.29) is 19.1 Å². The Balaban J connectivity index is 1.44. The maximum absolute atomic E-state index is 11.8. The zero-order chi connectivity index (χ0) is 16.6. The molecule has 6 heteroatoms. The molecule has 122 valence electrons. The van der Waals surface area contributed by atoms with Crippen LogP contribution in [-0.4, -0.2) is 35.7 Å². The number of nitrogens with zero attached hydrogens (tertiary/aromatic N) is 2. The Morgan fingerprint density at radius 1 is 0.958 bits per heavy atom. The summed E-state index contributed by atoms with van der Waals surface area (Å²) in [5.74, 6) is 0.992. The number of carbonyl (C=O) groups excluding carboxylic acids is 1. The highest BCUT2D eigenvalue weighted by molar-refractivity contribution is 5.89. The second kappa shape index (κ2) is 7.92. The fourth-order valence-electron chi connectivity index (χ4n) is 2.18. The van der Waals surface area contributed by atoms with Crippen molar-refractivity contribution in [1.82, 2.24) is 9.97 Å². The summed E-state index contributed by atoms with van der Waals surface area (Å²) in [7, 11) is 0. The number of nitrogens with one attached hydrogen (secondary N) is 1. The molecular formula is C18H17N3O3. The smallest absolute Gasteiger partial charge is 0.325 e. The van der Waals surface area contributed by atoms with Crippen molar-refractivity contribution >= 4 is 22.7 Å². The average molecular weight is 323 g/mol. The summed E-state index contributed by atoms with van der Waals surface area (Å²) in [6.07, 6.45) is 1.46. The first kappa shape index (κ1) is 15.7. The molecule has 3 aromatic rings. The number of rotatable bonds is 7. The standard InChI is InChI=1S/C18H17N3O3/c22-17(24-11-10-23-14-6-2-1-3-7-14)12-19-18-15-8-4-5-9-16(15)20-13-21-18/h1-9,13H,10-12H2,(H,19,20,21). The van der Waals surface area contributed by atoms with Crippen LogP contribution in [0.4, 0.5) is 5.82 Å². The highest BCUT2D eigenvalue weighted by atomic mass is 16.6. The molecule has 0 atom stereocenters. The summed E-state index contributed by atoms with van der Waals surface area (Å²) in [6, 6.07) is 17.0. The van der Waals surface area contributed by atoms with Gasteiger partial charge in [0.15, 0.2) is 0 Å². The van der Waals surface area contributed by atoms with Gasteiger partial charge in [-0.05, 0) is 24.3 Å². The molecule has 0 amide bonds. The van der Waals surface area contributed by atoms with Crippen LogP contribution in [0.1, 0.15) is 0 Å². The van der Waals surface area contributed by atoms with Crippen molar-refractivity contribution in [1.29, 1.82) is 0 Å². The summed E-state index contributed by atoms with van der Waals surface area (Å²) in [6.45, 7) is 0.540. The number of ether oxygens (including phenoxy) is 2. The molecule has 1 aromatic heterocycles. The molecule has 0 spiro atoms. The Hall–Kier alpha value is -3.15. The molecule has 0 saturated carbocycles. The molecule has 0 bridgehead atoms. The fraction of sp³-hybridized carbons (Fsp3) is 0.167. The molecule has 0 aliphatic rings. The number of aromatic nitrogens is 2. The van der Waals surface area contributed by atoms with Crippen molar-refractivity contribution in [3.63, 3.8) is 0 Å². The molecule has 0 radical (unpaired) electrons. The van der Waals surface area contributed by atoms with Crippen LogP contribution in [0.2, 0.25) is 0 Å². The van der Waals surface area contributed by atoms with Crippen LogP contribution in [-0.2, 0) is 9.53 Å². The van der Waals surface area contributed by atoms with Gasteiger partial charge in [-0.15, -0.1) is 0 Å². The van der Waals surface area contributed by atoms with Gasteiger partial charge in [0.25, 0.3) is 0 Å². The molecule has 1 heterocycles. The molecule has 1 N–H and O–H groups in total. The quantitative estimate of drug-likeness (QED) is 0.532. The third-order valence-corrected chi connectivity index (χ3v) is 3.30. The van der Waals surface area contributed by atoms with Gasteiger partial charge in [-0.25, -0.2) is 9.97 Å². The Labute approximate surface area is 139 Å². The lowest BCUT2D eigenvalue weighted by molar-refractivity contribution is -0.142. The maximum atomic E-state index is 11.8. The monoisotopic (exact) mass is 323 g/mol. The minimum atomic E-state index is -0.366. The topological polar surface area (TPSA) is 73.3 Å². The molecule has 24 heavy (non-hydrogen) atoms. The first-order chi connectivity index (χ1) is 11.8. The van der Waals surface area contributed by atoms with Gasteiger partial charge >= 0.3 is 5.97 Å². The van der Waals surface area contributed by atoms with Crippen LogP contribution in [0.25, 0.3) is 10.9 Å². The van der Waals surface area contributed by atoms with Crippen molar-refractivity contribution in [2.75, 3.05) is 25.1 Å². The molecular weight excluding hydrogens is 306 g/mol. The number of anilines is 1. The Kier molecular flexibility index (Phi) is 5.19. The molecule has 0 saturated heterocycles. The Morgan fingerprint density at radius 3 is 2.62 bits per heavy atom. The second-order valence-electron chi connectivity index (χ2n) is 4.97. The summed E-state index contributed by atoms with van der Waals surface area (Å²) in [5.41, 5.74) is 0.819.